The van der Waals surface area contributed by atoms with Crippen molar-refractivity contribution in [3.05, 3.63) is 48.0 Å². The summed E-state index contributed by atoms with van der Waals surface area (Å²) in [6.45, 7) is 23.4. The quantitative estimate of drug-likeness (QED) is 0.205. The van der Waals surface area contributed by atoms with Crippen molar-refractivity contribution in [2.75, 3.05) is 6.61 Å². The normalized spacial score (nSPS) is 40.3. The van der Waals surface area contributed by atoms with Crippen LogP contribution >= 0.6 is 0 Å². The fourth-order valence-corrected chi connectivity index (χ4v) is 13.7. The lowest BCUT2D eigenvalue weighted by atomic mass is 9.32. The van der Waals surface area contributed by atoms with Gasteiger partial charge in [0.15, 0.2) is 0 Å². The van der Waals surface area contributed by atoms with E-state index in [0.717, 1.165) is 38.5 Å². The summed E-state index contributed by atoms with van der Waals surface area (Å²) in [5.41, 5.74) is 1.65. The number of aliphatic carboxylic acids is 1. The summed E-state index contributed by atoms with van der Waals surface area (Å²) in [6.07, 6.45) is 11.1. The lowest BCUT2D eigenvalue weighted by molar-refractivity contribution is -0.251. The van der Waals surface area contributed by atoms with E-state index in [-0.39, 0.29) is 58.0 Å². The molecule has 0 spiro atoms. The highest BCUT2D eigenvalue weighted by Crippen LogP contribution is 2.77. The first-order chi connectivity index (χ1) is 23.3. The molecule has 1 N–H and O–H groups in total. The van der Waals surface area contributed by atoms with Crippen molar-refractivity contribution in [3.63, 3.8) is 0 Å². The minimum Gasteiger partial charge on any atom is -0.481 e. The number of hydrogen-bond donors (Lipinski definition) is 1. The minimum atomic E-state index is -0.886. The van der Waals surface area contributed by atoms with Crippen LogP contribution in [0.3, 0.4) is 0 Å². The average Bonchev–Trinajstić information content (AvgIpc) is 3.41. The molecule has 276 valence electrons. The number of carboxylic acid groups (broad SMARTS) is 1. The summed E-state index contributed by atoms with van der Waals surface area (Å²) in [7, 11) is 0. The van der Waals surface area contributed by atoms with E-state index in [1.54, 1.807) is 0 Å². The molecule has 6 nitrogen and oxygen atoms in total. The summed E-state index contributed by atoms with van der Waals surface area (Å²) in [6, 6.07) is 9.43. The van der Waals surface area contributed by atoms with Crippen LogP contribution in [0.15, 0.2) is 42.5 Å². The molecule has 1 aromatic carbocycles. The summed E-state index contributed by atoms with van der Waals surface area (Å²) >= 11 is 0. The standard InChI is InChI=1S/C44H64O6/c1-28(2)30-17-22-44(27-49-38(48)29-13-11-10-12-14-29)24-23-42(8)31(37(30)44)15-16-33-41(7)20-19-34(40(5,6)32(41)18-21-43(33,42)9)50-36(47)26-39(3,4)25-35(45)46/h10-14,30-34,37H,1,15-27H2,2-9H3,(H,45,46)/t30-,31+,32?,33?,34?,37?,41-,42+,43+,44?/m0/s1. The van der Waals surface area contributed by atoms with E-state index in [1.807, 2.05) is 44.2 Å². The van der Waals surface area contributed by atoms with Crippen LogP contribution in [-0.2, 0) is 19.1 Å². The van der Waals surface area contributed by atoms with Crippen molar-refractivity contribution < 1.29 is 29.0 Å². The molecule has 6 rings (SSSR count). The Kier molecular flexibility index (Phi) is 9.50. The second-order valence-electron chi connectivity index (χ2n) is 19.7. The largest absolute Gasteiger partial charge is 0.481 e. The second kappa shape index (κ2) is 12.8. The van der Waals surface area contributed by atoms with Crippen LogP contribution in [0.4, 0.5) is 0 Å². The molecule has 50 heavy (non-hydrogen) atoms. The Balaban J connectivity index is 1.23. The summed E-state index contributed by atoms with van der Waals surface area (Å²) in [4.78, 5) is 37.8. The van der Waals surface area contributed by atoms with Crippen LogP contribution in [-0.4, -0.2) is 35.7 Å². The van der Waals surface area contributed by atoms with Crippen LogP contribution in [0.2, 0.25) is 0 Å². The van der Waals surface area contributed by atoms with Crippen molar-refractivity contribution in [1.82, 2.24) is 0 Å². The van der Waals surface area contributed by atoms with Gasteiger partial charge in [-0.15, -0.1) is 0 Å². The van der Waals surface area contributed by atoms with Crippen LogP contribution in [0.5, 0.6) is 0 Å². The number of fused-ring (bicyclic) bond motifs is 7. The molecular formula is C44H64O6. The second-order valence-corrected chi connectivity index (χ2v) is 19.7. The molecule has 10 atom stereocenters. The highest BCUT2D eigenvalue weighted by molar-refractivity contribution is 5.89. The molecule has 5 fully saturated rings. The van der Waals surface area contributed by atoms with Gasteiger partial charge in [0.05, 0.1) is 25.0 Å². The molecule has 0 radical (unpaired) electrons. The maximum absolute atomic E-state index is 13.2. The molecule has 6 heteroatoms. The van der Waals surface area contributed by atoms with Gasteiger partial charge >= 0.3 is 17.9 Å². The van der Waals surface area contributed by atoms with Gasteiger partial charge < -0.3 is 14.6 Å². The summed E-state index contributed by atoms with van der Waals surface area (Å²) in [5, 5.41) is 9.33. The molecule has 0 heterocycles. The van der Waals surface area contributed by atoms with Gasteiger partial charge in [-0.25, -0.2) is 4.79 Å². The number of benzene rings is 1. The number of esters is 2. The van der Waals surface area contributed by atoms with E-state index in [0.29, 0.717) is 41.8 Å². The van der Waals surface area contributed by atoms with Gasteiger partial charge in [-0.05, 0) is 135 Å². The lowest BCUT2D eigenvalue weighted by Gasteiger charge is -2.73. The van der Waals surface area contributed by atoms with Crippen molar-refractivity contribution in [2.24, 2.45) is 62.1 Å². The molecule has 0 saturated heterocycles. The van der Waals surface area contributed by atoms with Gasteiger partial charge in [-0.1, -0.05) is 78.8 Å². The maximum Gasteiger partial charge on any atom is 0.338 e. The molecular weight excluding hydrogens is 624 g/mol. The Morgan fingerprint density at radius 2 is 1.54 bits per heavy atom. The smallest absolute Gasteiger partial charge is 0.338 e. The third kappa shape index (κ3) is 5.96. The van der Waals surface area contributed by atoms with Gasteiger partial charge in [0.25, 0.3) is 0 Å². The fraction of sp³-hybridized carbons (Fsp3) is 0.750. The summed E-state index contributed by atoms with van der Waals surface area (Å²) in [5.74, 6) is 1.18. The zero-order valence-corrected chi connectivity index (χ0v) is 32.2. The van der Waals surface area contributed by atoms with Gasteiger partial charge in [0.2, 0.25) is 0 Å². The molecule has 5 unspecified atom stereocenters. The van der Waals surface area contributed by atoms with Crippen LogP contribution in [0, 0.1) is 62.1 Å². The SMILES string of the molecule is C=C(C)[C@@H]1CCC2(COC(=O)c3ccccc3)CC[C@]3(C)[C@H](CCC4[C@@]5(C)CCC(OC(=O)CC(C)(C)CC(=O)O)C(C)(C)C5CC[C@]43C)C12. The van der Waals surface area contributed by atoms with Crippen molar-refractivity contribution in [2.45, 2.75) is 139 Å². The predicted molar refractivity (Wildman–Crippen MR) is 196 cm³/mol. The Morgan fingerprint density at radius 3 is 2.20 bits per heavy atom. The van der Waals surface area contributed by atoms with E-state index in [9.17, 15) is 19.5 Å². The highest BCUT2D eigenvalue weighted by atomic mass is 16.5. The van der Waals surface area contributed by atoms with Gasteiger partial charge in [0.1, 0.15) is 6.10 Å². The van der Waals surface area contributed by atoms with E-state index < -0.39 is 11.4 Å². The van der Waals surface area contributed by atoms with E-state index in [4.69, 9.17) is 9.47 Å². The number of rotatable bonds is 9. The topological polar surface area (TPSA) is 89.9 Å². The zero-order chi connectivity index (χ0) is 36.5. The number of allylic oxidation sites excluding steroid dienone is 1. The molecule has 1 aromatic rings. The Bertz CT molecular complexity index is 1490. The van der Waals surface area contributed by atoms with Crippen LogP contribution in [0.25, 0.3) is 0 Å². The Labute approximate surface area is 301 Å². The first-order valence-corrected chi connectivity index (χ1v) is 19.6. The molecule has 5 saturated carbocycles. The molecule has 5 aliphatic rings. The monoisotopic (exact) mass is 688 g/mol. The van der Waals surface area contributed by atoms with Crippen molar-refractivity contribution in [1.29, 1.82) is 0 Å². The third-order valence-electron chi connectivity index (χ3n) is 16.2. The summed E-state index contributed by atoms with van der Waals surface area (Å²) < 4.78 is 12.5. The fourth-order valence-electron chi connectivity index (χ4n) is 13.7. The van der Waals surface area contributed by atoms with E-state index in [1.165, 1.54) is 31.3 Å². The first-order valence-electron chi connectivity index (χ1n) is 19.6. The number of carbonyl (C=O) groups is 3. The molecule has 5 aliphatic carbocycles. The number of carbonyl (C=O) groups excluding carboxylic acids is 2. The zero-order valence-electron chi connectivity index (χ0n) is 32.2. The molecule has 0 amide bonds. The molecule has 0 aromatic heterocycles. The highest BCUT2D eigenvalue weighted by Gasteiger charge is 2.71. The van der Waals surface area contributed by atoms with Gasteiger partial charge in [-0.2, -0.15) is 0 Å². The maximum atomic E-state index is 13.2. The lowest BCUT2D eigenvalue weighted by Crippen LogP contribution is -2.67. The molecule has 0 bridgehead atoms. The average molecular weight is 689 g/mol. The van der Waals surface area contributed by atoms with Crippen LogP contribution in [0.1, 0.15) is 143 Å². The first kappa shape index (κ1) is 37.1. The Hall–Kier alpha value is -2.63. The van der Waals surface area contributed by atoms with Gasteiger partial charge in [0, 0.05) is 10.8 Å². The Morgan fingerprint density at radius 1 is 0.840 bits per heavy atom. The third-order valence-corrected chi connectivity index (χ3v) is 16.2. The van der Waals surface area contributed by atoms with E-state index in [2.05, 4.69) is 48.1 Å². The van der Waals surface area contributed by atoms with Crippen molar-refractivity contribution in [3.8, 4) is 0 Å². The number of carboxylic acids is 1. The minimum absolute atomic E-state index is 0.00545. The van der Waals surface area contributed by atoms with Crippen molar-refractivity contribution >= 4 is 17.9 Å². The molecule has 0 aliphatic heterocycles. The van der Waals surface area contributed by atoms with Gasteiger partial charge in [-0.3, -0.25) is 9.59 Å². The van der Waals surface area contributed by atoms with E-state index >= 15 is 0 Å². The predicted octanol–water partition coefficient (Wildman–Crippen LogP) is 10.3. The number of ether oxygens (including phenoxy) is 2. The number of hydrogen-bond acceptors (Lipinski definition) is 5. The van der Waals surface area contributed by atoms with Crippen LogP contribution < -0.4 is 0 Å².